The lowest BCUT2D eigenvalue weighted by molar-refractivity contribution is 0.0867. The predicted molar refractivity (Wildman–Crippen MR) is 93.3 cm³/mol. The minimum absolute atomic E-state index is 0.0619. The second kappa shape index (κ2) is 7.17. The molecule has 0 spiro atoms. The lowest BCUT2D eigenvalue weighted by Gasteiger charge is -2.34. The summed E-state index contributed by atoms with van der Waals surface area (Å²) < 4.78 is 5.76. The highest BCUT2D eigenvalue weighted by atomic mass is 32.1. The Hall–Kier alpha value is -2.15. The van der Waals surface area contributed by atoms with Gasteiger partial charge in [-0.05, 0) is 43.9 Å². The summed E-state index contributed by atoms with van der Waals surface area (Å²) in [4.78, 5) is 29.9. The van der Waals surface area contributed by atoms with Gasteiger partial charge >= 0.3 is 6.09 Å². The van der Waals surface area contributed by atoms with Crippen LogP contribution >= 0.6 is 11.3 Å². The molecule has 1 aromatic heterocycles. The van der Waals surface area contributed by atoms with Crippen molar-refractivity contribution in [3.05, 3.63) is 29.3 Å². The number of fused-ring (bicyclic) bond motifs is 1. The van der Waals surface area contributed by atoms with Crippen LogP contribution in [0.4, 0.5) is 4.79 Å². The molecule has 1 unspecified atom stereocenters. The van der Waals surface area contributed by atoms with E-state index < -0.39 is 0 Å². The second-order valence-electron chi connectivity index (χ2n) is 6.09. The van der Waals surface area contributed by atoms with Gasteiger partial charge in [-0.3, -0.25) is 4.79 Å². The van der Waals surface area contributed by atoms with Crippen molar-refractivity contribution in [3.63, 3.8) is 0 Å². The fourth-order valence-electron chi connectivity index (χ4n) is 3.12. The fourth-order valence-corrected chi connectivity index (χ4v) is 3.83. The number of ether oxygens (including phenoxy) is 1. The molecule has 2 amide bonds. The van der Waals surface area contributed by atoms with E-state index in [1.807, 2.05) is 25.1 Å². The molecule has 0 aliphatic carbocycles. The highest BCUT2D eigenvalue weighted by Gasteiger charge is 2.27. The first kappa shape index (κ1) is 16.7. The molecule has 128 valence electrons. The number of carbonyl (C=O) groups excluding carboxylic acids is 2. The highest BCUT2D eigenvalue weighted by Crippen LogP contribution is 2.22. The van der Waals surface area contributed by atoms with Gasteiger partial charge in [0.15, 0.2) is 0 Å². The van der Waals surface area contributed by atoms with Gasteiger partial charge in [-0.2, -0.15) is 0 Å². The zero-order chi connectivity index (χ0) is 17.1. The number of piperidine rings is 1. The van der Waals surface area contributed by atoms with E-state index in [0.29, 0.717) is 24.6 Å². The number of nitrogens with zero attached hydrogens (tertiary/aromatic N) is 2. The summed E-state index contributed by atoms with van der Waals surface area (Å²) in [6.07, 6.45) is 1.46. The average Bonchev–Trinajstić information content (AvgIpc) is 3.08. The van der Waals surface area contributed by atoms with Gasteiger partial charge in [0.25, 0.3) is 5.91 Å². The summed E-state index contributed by atoms with van der Waals surface area (Å²) in [5.74, 6) is 0.301. The fraction of sp³-hybridized carbons (Fsp3) is 0.471. The third kappa shape index (κ3) is 3.51. The highest BCUT2D eigenvalue weighted by molar-refractivity contribution is 7.16. The number of nitrogens with one attached hydrogen (secondary N) is 1. The van der Waals surface area contributed by atoms with E-state index in [-0.39, 0.29) is 18.0 Å². The summed E-state index contributed by atoms with van der Waals surface area (Å²) in [5, 5.41) is 3.09. The maximum Gasteiger partial charge on any atom is 0.409 e. The van der Waals surface area contributed by atoms with Crippen LogP contribution in [0.2, 0.25) is 0 Å². The number of carbonyl (C=O) groups is 2. The van der Waals surface area contributed by atoms with Crippen LogP contribution in [-0.4, -0.2) is 48.1 Å². The zero-order valence-corrected chi connectivity index (χ0v) is 14.6. The van der Waals surface area contributed by atoms with E-state index in [4.69, 9.17) is 4.74 Å². The summed E-state index contributed by atoms with van der Waals surface area (Å²) in [6.45, 7) is 3.37. The molecule has 1 aliphatic rings. The van der Waals surface area contributed by atoms with E-state index in [0.717, 1.165) is 23.1 Å². The quantitative estimate of drug-likeness (QED) is 0.927. The minimum atomic E-state index is -0.275. The first-order valence-electron chi connectivity index (χ1n) is 8.05. The largest absolute Gasteiger partial charge is 0.453 e. The third-order valence-corrected chi connectivity index (χ3v) is 5.42. The van der Waals surface area contributed by atoms with Crippen molar-refractivity contribution < 1.29 is 14.3 Å². The van der Waals surface area contributed by atoms with Crippen LogP contribution < -0.4 is 5.32 Å². The van der Waals surface area contributed by atoms with Gasteiger partial charge < -0.3 is 15.0 Å². The van der Waals surface area contributed by atoms with Crippen LogP contribution in [0.5, 0.6) is 0 Å². The molecule has 6 nitrogen and oxygen atoms in total. The number of methoxy groups -OCH3 is 1. The number of aromatic nitrogens is 1. The molecule has 24 heavy (non-hydrogen) atoms. The summed E-state index contributed by atoms with van der Waals surface area (Å²) in [5.41, 5.74) is 3.36. The first-order chi connectivity index (χ1) is 11.6. The molecular formula is C17H21N3O3S. The summed E-state index contributed by atoms with van der Waals surface area (Å²) in [6, 6.07) is 5.63. The zero-order valence-electron chi connectivity index (χ0n) is 13.8. The van der Waals surface area contributed by atoms with Crippen molar-refractivity contribution in [1.29, 1.82) is 0 Å². The Morgan fingerprint density at radius 2 is 2.12 bits per heavy atom. The Balaban J connectivity index is 1.57. The Morgan fingerprint density at radius 1 is 1.38 bits per heavy atom. The smallest absolute Gasteiger partial charge is 0.409 e. The van der Waals surface area contributed by atoms with Crippen LogP contribution in [0, 0.1) is 5.92 Å². The maximum atomic E-state index is 12.5. The summed E-state index contributed by atoms with van der Waals surface area (Å²) >= 11 is 1.53. The van der Waals surface area contributed by atoms with Crippen LogP contribution in [0.3, 0.4) is 0 Å². The Labute approximate surface area is 144 Å². The van der Waals surface area contributed by atoms with Crippen molar-refractivity contribution in [3.8, 4) is 0 Å². The number of hydrogen-bond donors (Lipinski definition) is 1. The van der Waals surface area contributed by atoms with Gasteiger partial charge in [-0.25, -0.2) is 9.78 Å². The number of hydrogen-bond acceptors (Lipinski definition) is 5. The van der Waals surface area contributed by atoms with Gasteiger partial charge in [0, 0.05) is 24.7 Å². The van der Waals surface area contributed by atoms with Crippen LogP contribution in [0.25, 0.3) is 10.2 Å². The molecule has 2 aromatic rings. The molecule has 1 fully saturated rings. The van der Waals surface area contributed by atoms with Crippen LogP contribution in [0.15, 0.2) is 23.7 Å². The number of thiazole rings is 1. The average molecular weight is 347 g/mol. The lowest BCUT2D eigenvalue weighted by atomic mass is 9.90. The molecule has 0 bridgehead atoms. The second-order valence-corrected chi connectivity index (χ2v) is 6.98. The van der Waals surface area contributed by atoms with Crippen LogP contribution in [0.1, 0.15) is 30.1 Å². The van der Waals surface area contributed by atoms with Gasteiger partial charge in [-0.15, -0.1) is 11.3 Å². The summed E-state index contributed by atoms with van der Waals surface area (Å²) in [7, 11) is 1.40. The Kier molecular flexibility index (Phi) is 4.99. The van der Waals surface area contributed by atoms with Crippen molar-refractivity contribution in [1.82, 2.24) is 15.2 Å². The minimum Gasteiger partial charge on any atom is -0.453 e. The van der Waals surface area contributed by atoms with E-state index >= 15 is 0 Å². The number of rotatable bonds is 3. The van der Waals surface area contributed by atoms with Crippen molar-refractivity contribution in [2.24, 2.45) is 5.92 Å². The Bertz CT molecular complexity index is 738. The standard InChI is InChI=1S/C17H21N3O3S/c1-11(12-5-7-20(8-6-12)17(22)23-2)19-16(21)13-3-4-14-15(9-13)24-10-18-14/h3-4,9-12H,5-8H2,1-2H3,(H,19,21). The topological polar surface area (TPSA) is 71.5 Å². The molecule has 0 radical (unpaired) electrons. The third-order valence-electron chi connectivity index (χ3n) is 4.63. The van der Waals surface area contributed by atoms with E-state index in [1.54, 1.807) is 10.4 Å². The number of likely N-dealkylation sites (tertiary alicyclic amines) is 1. The molecule has 1 N–H and O–H groups in total. The number of benzene rings is 1. The molecule has 1 atom stereocenters. The van der Waals surface area contributed by atoms with E-state index in [9.17, 15) is 9.59 Å². The van der Waals surface area contributed by atoms with Crippen LogP contribution in [-0.2, 0) is 4.74 Å². The predicted octanol–water partition coefficient (Wildman–Crippen LogP) is 2.89. The van der Waals surface area contributed by atoms with E-state index in [1.165, 1.54) is 18.4 Å². The van der Waals surface area contributed by atoms with Crippen molar-refractivity contribution >= 4 is 33.6 Å². The van der Waals surface area contributed by atoms with Crippen molar-refractivity contribution in [2.45, 2.75) is 25.8 Å². The van der Waals surface area contributed by atoms with Gasteiger partial charge in [0.2, 0.25) is 0 Å². The van der Waals surface area contributed by atoms with Crippen molar-refractivity contribution in [2.75, 3.05) is 20.2 Å². The molecule has 0 saturated carbocycles. The monoisotopic (exact) mass is 347 g/mol. The molecule has 3 rings (SSSR count). The molecule has 1 saturated heterocycles. The SMILES string of the molecule is COC(=O)N1CCC(C(C)NC(=O)c2ccc3ncsc3c2)CC1. The lowest BCUT2D eigenvalue weighted by Crippen LogP contribution is -2.45. The molecule has 1 aromatic carbocycles. The molecule has 1 aliphatic heterocycles. The maximum absolute atomic E-state index is 12.5. The normalized spacial score (nSPS) is 16.8. The molecule has 7 heteroatoms. The van der Waals surface area contributed by atoms with Gasteiger partial charge in [-0.1, -0.05) is 0 Å². The van der Waals surface area contributed by atoms with Gasteiger partial charge in [0.1, 0.15) is 0 Å². The molecular weight excluding hydrogens is 326 g/mol. The Morgan fingerprint density at radius 3 is 2.83 bits per heavy atom. The van der Waals surface area contributed by atoms with E-state index in [2.05, 4.69) is 10.3 Å². The molecule has 2 heterocycles. The number of amides is 2. The van der Waals surface area contributed by atoms with Gasteiger partial charge in [0.05, 0.1) is 22.8 Å². The first-order valence-corrected chi connectivity index (χ1v) is 8.93.